The summed E-state index contributed by atoms with van der Waals surface area (Å²) in [6.07, 6.45) is 2.75. The van der Waals surface area contributed by atoms with Crippen molar-refractivity contribution in [2.24, 2.45) is 0 Å². The Kier molecular flexibility index (Phi) is 8.73. The molecule has 0 radical (unpaired) electrons. The van der Waals surface area contributed by atoms with Crippen LogP contribution < -0.4 is 0 Å². The fraction of sp³-hybridized carbons (Fsp3) is 0.318. The summed E-state index contributed by atoms with van der Waals surface area (Å²) in [6.45, 7) is 4.25. The Balaban J connectivity index is 2.02. The van der Waals surface area contributed by atoms with E-state index in [2.05, 4.69) is 0 Å². The average molecular weight is 481 g/mol. The van der Waals surface area contributed by atoms with Gasteiger partial charge in [0.15, 0.2) is 0 Å². The quantitative estimate of drug-likeness (QED) is 0.383. The minimum Gasteiger partial charge on any atom is -0.458 e. The minimum atomic E-state index is -3.57. The number of benzene rings is 2. The first-order chi connectivity index (χ1) is 15.0. The molecule has 0 amide bonds. The van der Waals surface area contributed by atoms with Gasteiger partial charge in [0.1, 0.15) is 6.61 Å². The molecule has 0 unspecified atom stereocenters. The molecule has 8 nitrogen and oxygen atoms in total. The second-order valence-electron chi connectivity index (χ2n) is 7.03. The second kappa shape index (κ2) is 10.9. The van der Waals surface area contributed by atoms with Crippen molar-refractivity contribution in [1.82, 2.24) is 8.61 Å². The monoisotopic (exact) mass is 480 g/mol. The maximum Gasteiger partial charge on any atom is 0.331 e. The van der Waals surface area contributed by atoms with Gasteiger partial charge in [-0.1, -0.05) is 38.1 Å². The van der Waals surface area contributed by atoms with Gasteiger partial charge in [0.05, 0.1) is 9.79 Å². The molecule has 0 aliphatic heterocycles. The van der Waals surface area contributed by atoms with E-state index in [1.54, 1.807) is 38.1 Å². The van der Waals surface area contributed by atoms with Gasteiger partial charge in [0.2, 0.25) is 20.0 Å². The number of hydrogen-bond donors (Lipinski definition) is 0. The van der Waals surface area contributed by atoms with E-state index in [-0.39, 0.29) is 16.4 Å². The van der Waals surface area contributed by atoms with Crippen LogP contribution in [0, 0.1) is 0 Å². The predicted octanol–water partition coefficient (Wildman–Crippen LogP) is 2.72. The molecular weight excluding hydrogens is 452 g/mol. The molecule has 0 atom stereocenters. The van der Waals surface area contributed by atoms with Gasteiger partial charge in [-0.25, -0.2) is 25.9 Å². The molecule has 2 aromatic carbocycles. The number of nitrogens with zero attached hydrogens (tertiary/aromatic N) is 2. The standard InChI is InChI=1S/C22H28N2O6S2/c1-5-24(6-2)32(28,29)20-13-10-18(11-14-20)12-15-22(25)30-17-19-8-7-9-21(16-19)31(26,27)23(3)4/h7-16H,5-6,17H2,1-4H3/b15-12+. The lowest BCUT2D eigenvalue weighted by Crippen LogP contribution is -2.30. The largest absolute Gasteiger partial charge is 0.458 e. The maximum atomic E-state index is 12.5. The molecule has 0 saturated heterocycles. The summed E-state index contributed by atoms with van der Waals surface area (Å²) in [5.41, 5.74) is 1.18. The molecule has 0 N–H and O–H groups in total. The number of ether oxygens (including phenoxy) is 1. The van der Waals surface area contributed by atoms with E-state index in [0.29, 0.717) is 24.2 Å². The highest BCUT2D eigenvalue weighted by Gasteiger charge is 2.21. The van der Waals surface area contributed by atoms with Crippen molar-refractivity contribution in [2.45, 2.75) is 30.2 Å². The van der Waals surface area contributed by atoms with Crippen molar-refractivity contribution in [3.8, 4) is 0 Å². The van der Waals surface area contributed by atoms with Gasteiger partial charge in [0.25, 0.3) is 0 Å². The first-order valence-corrected chi connectivity index (χ1v) is 12.9. The summed E-state index contributed by atoms with van der Waals surface area (Å²) in [5.74, 6) is -0.606. The van der Waals surface area contributed by atoms with Crippen molar-refractivity contribution in [3.05, 3.63) is 65.7 Å². The summed E-state index contributed by atoms with van der Waals surface area (Å²) in [7, 11) is -4.22. The number of esters is 1. The van der Waals surface area contributed by atoms with Gasteiger partial charge < -0.3 is 4.74 Å². The summed E-state index contributed by atoms with van der Waals surface area (Å²) in [6, 6.07) is 12.4. The van der Waals surface area contributed by atoms with E-state index in [1.807, 2.05) is 0 Å². The van der Waals surface area contributed by atoms with Gasteiger partial charge in [-0.15, -0.1) is 0 Å². The Morgan fingerprint density at radius 1 is 0.906 bits per heavy atom. The Labute approximate surface area is 190 Å². The summed E-state index contributed by atoms with van der Waals surface area (Å²) in [5, 5.41) is 0. The predicted molar refractivity (Wildman–Crippen MR) is 123 cm³/mol. The zero-order valence-electron chi connectivity index (χ0n) is 18.6. The van der Waals surface area contributed by atoms with Gasteiger partial charge in [-0.3, -0.25) is 0 Å². The van der Waals surface area contributed by atoms with Crippen molar-refractivity contribution < 1.29 is 26.4 Å². The minimum absolute atomic E-state index is 0.0823. The molecule has 0 heterocycles. The second-order valence-corrected chi connectivity index (χ2v) is 11.1. The summed E-state index contributed by atoms with van der Waals surface area (Å²) < 4.78 is 57.1. The molecule has 0 aliphatic carbocycles. The van der Waals surface area contributed by atoms with E-state index >= 15 is 0 Å². The molecule has 2 aromatic rings. The number of carbonyl (C=O) groups excluding carboxylic acids is 1. The van der Waals surface area contributed by atoms with Crippen LogP contribution in [0.15, 0.2) is 64.4 Å². The highest BCUT2D eigenvalue weighted by atomic mass is 32.2. The van der Waals surface area contributed by atoms with Gasteiger partial charge >= 0.3 is 5.97 Å². The molecule has 0 bridgehead atoms. The lowest BCUT2D eigenvalue weighted by atomic mass is 10.2. The zero-order chi connectivity index (χ0) is 23.9. The Hall–Kier alpha value is -2.53. The van der Waals surface area contributed by atoms with Gasteiger partial charge in [-0.05, 0) is 41.5 Å². The number of rotatable bonds is 10. The molecule has 10 heteroatoms. The van der Waals surface area contributed by atoms with Crippen LogP contribution in [0.3, 0.4) is 0 Å². The third-order valence-corrected chi connectivity index (χ3v) is 8.57. The van der Waals surface area contributed by atoms with E-state index in [4.69, 9.17) is 4.74 Å². The van der Waals surface area contributed by atoms with Crippen LogP contribution >= 0.6 is 0 Å². The molecule has 32 heavy (non-hydrogen) atoms. The smallest absolute Gasteiger partial charge is 0.331 e. The van der Waals surface area contributed by atoms with Crippen molar-refractivity contribution in [1.29, 1.82) is 0 Å². The van der Waals surface area contributed by atoms with Gasteiger partial charge in [-0.2, -0.15) is 4.31 Å². The van der Waals surface area contributed by atoms with Crippen LogP contribution in [0.4, 0.5) is 0 Å². The van der Waals surface area contributed by atoms with Crippen LogP contribution in [0.25, 0.3) is 6.08 Å². The molecular formula is C22H28N2O6S2. The van der Waals surface area contributed by atoms with Crippen LogP contribution in [-0.4, -0.2) is 58.6 Å². The summed E-state index contributed by atoms with van der Waals surface area (Å²) >= 11 is 0. The molecule has 0 aliphatic rings. The van der Waals surface area contributed by atoms with Crippen LogP contribution in [0.5, 0.6) is 0 Å². The van der Waals surface area contributed by atoms with E-state index in [0.717, 1.165) is 4.31 Å². The zero-order valence-corrected chi connectivity index (χ0v) is 20.2. The van der Waals surface area contributed by atoms with Gasteiger partial charge in [0, 0.05) is 33.3 Å². The third kappa shape index (κ3) is 6.26. The SMILES string of the molecule is CCN(CC)S(=O)(=O)c1ccc(/C=C/C(=O)OCc2cccc(S(=O)(=O)N(C)C)c2)cc1. The topological polar surface area (TPSA) is 101 Å². The Morgan fingerprint density at radius 3 is 2.09 bits per heavy atom. The first-order valence-electron chi connectivity index (χ1n) is 9.99. The fourth-order valence-electron chi connectivity index (χ4n) is 2.84. The van der Waals surface area contributed by atoms with E-state index in [1.165, 1.54) is 54.8 Å². The summed E-state index contributed by atoms with van der Waals surface area (Å²) in [4.78, 5) is 12.3. The van der Waals surface area contributed by atoms with Crippen molar-refractivity contribution in [2.75, 3.05) is 27.2 Å². The van der Waals surface area contributed by atoms with E-state index < -0.39 is 26.0 Å². The van der Waals surface area contributed by atoms with E-state index in [9.17, 15) is 21.6 Å². The molecule has 2 rings (SSSR count). The molecule has 0 aromatic heterocycles. The van der Waals surface area contributed by atoms with Crippen LogP contribution in [0.1, 0.15) is 25.0 Å². The highest BCUT2D eigenvalue weighted by Crippen LogP contribution is 2.17. The fourth-order valence-corrected chi connectivity index (χ4v) is 5.27. The molecule has 0 fully saturated rings. The maximum absolute atomic E-state index is 12.5. The van der Waals surface area contributed by atoms with Crippen molar-refractivity contribution >= 4 is 32.1 Å². The Morgan fingerprint density at radius 2 is 1.53 bits per heavy atom. The lowest BCUT2D eigenvalue weighted by molar-refractivity contribution is -0.138. The lowest BCUT2D eigenvalue weighted by Gasteiger charge is -2.18. The number of carbonyl (C=O) groups is 1. The normalized spacial score (nSPS) is 12.6. The molecule has 0 spiro atoms. The molecule has 0 saturated carbocycles. The third-order valence-electron chi connectivity index (χ3n) is 4.69. The molecule has 174 valence electrons. The van der Waals surface area contributed by atoms with Crippen LogP contribution in [0.2, 0.25) is 0 Å². The highest BCUT2D eigenvalue weighted by molar-refractivity contribution is 7.89. The first kappa shape index (κ1) is 25.7. The number of sulfonamides is 2. The van der Waals surface area contributed by atoms with Crippen molar-refractivity contribution in [3.63, 3.8) is 0 Å². The average Bonchev–Trinajstić information content (AvgIpc) is 2.77. The van der Waals surface area contributed by atoms with Crippen LogP contribution in [-0.2, 0) is 36.2 Å². The number of hydrogen-bond acceptors (Lipinski definition) is 6. The Bertz CT molecular complexity index is 1170.